The average Bonchev–Trinajstić information content (AvgIpc) is 3.23. The predicted molar refractivity (Wildman–Crippen MR) is 86.3 cm³/mol. The van der Waals surface area contributed by atoms with Crippen molar-refractivity contribution < 1.29 is 14.7 Å². The van der Waals surface area contributed by atoms with Crippen LogP contribution in [0.15, 0.2) is 28.9 Å². The molecule has 1 aliphatic heterocycles. The van der Waals surface area contributed by atoms with Crippen LogP contribution in [-0.2, 0) is 4.79 Å². The number of aromatic nitrogens is 1. The van der Waals surface area contributed by atoms with E-state index in [9.17, 15) is 9.59 Å². The normalized spacial score (nSPS) is 19.3. The number of H-pyrrole nitrogens is 1. The number of nitrogens with one attached hydrogen (secondary N) is 2. The largest absolute Gasteiger partial charge is 0.478 e. The third-order valence-electron chi connectivity index (χ3n) is 4.33. The highest BCUT2D eigenvalue weighted by Gasteiger charge is 2.36. The molecule has 0 spiro atoms. The minimum absolute atomic E-state index is 0.178. The van der Waals surface area contributed by atoms with Crippen LogP contribution in [0.4, 0.5) is 0 Å². The number of hydrogen-bond donors (Lipinski definition) is 3. The number of aryl methyl sites for hydroxylation is 1. The first-order valence-electron chi connectivity index (χ1n) is 7.50. The molecule has 4 rings (SSSR count). The summed E-state index contributed by atoms with van der Waals surface area (Å²) >= 11 is 0. The van der Waals surface area contributed by atoms with Crippen LogP contribution in [0, 0.1) is 12.8 Å². The number of aromatic amines is 1. The van der Waals surface area contributed by atoms with Gasteiger partial charge in [0.25, 0.3) is 5.91 Å². The van der Waals surface area contributed by atoms with Gasteiger partial charge in [0.1, 0.15) is 0 Å². The minimum atomic E-state index is -0.961. The summed E-state index contributed by atoms with van der Waals surface area (Å²) in [5.74, 6) is -0.760. The van der Waals surface area contributed by atoms with Crippen molar-refractivity contribution in [3.05, 3.63) is 40.6 Å². The Kier molecular flexibility index (Phi) is 2.87. The van der Waals surface area contributed by atoms with E-state index in [1.807, 2.05) is 13.0 Å². The van der Waals surface area contributed by atoms with Crippen LogP contribution >= 0.6 is 0 Å². The molecule has 3 N–H and O–H groups in total. The smallest absolute Gasteiger partial charge is 0.335 e. The number of fused-ring (bicyclic) bond motifs is 1. The van der Waals surface area contributed by atoms with Crippen LogP contribution in [0.5, 0.6) is 0 Å². The Bertz CT molecular complexity index is 917. The van der Waals surface area contributed by atoms with Crippen molar-refractivity contribution in [3.8, 4) is 0 Å². The van der Waals surface area contributed by atoms with Crippen LogP contribution in [0.1, 0.15) is 34.5 Å². The zero-order valence-corrected chi connectivity index (χ0v) is 12.5. The molecular weight excluding hydrogens is 294 g/mol. The Morgan fingerprint density at radius 1 is 1.39 bits per heavy atom. The quantitative estimate of drug-likeness (QED) is 0.760. The standard InChI is InChI=1S/C17H15N3O3/c1-8-12(7-13-15(9-2-3-9)19-20-16(13)21)11-5-4-10(17(22)23)6-14(11)18-8/h4-7,9,18H,2-3H2,1H3,(H,20,21)(H,22,23). The highest BCUT2D eigenvalue weighted by atomic mass is 16.4. The Balaban J connectivity index is 1.84. The Hall–Kier alpha value is -2.89. The summed E-state index contributed by atoms with van der Waals surface area (Å²) in [4.78, 5) is 26.3. The number of carbonyl (C=O) groups is 2. The average molecular weight is 309 g/mol. The van der Waals surface area contributed by atoms with Crippen molar-refractivity contribution >= 4 is 34.6 Å². The fraction of sp³-hybridized carbons (Fsp3) is 0.235. The van der Waals surface area contributed by atoms with Crippen LogP contribution in [0.2, 0.25) is 0 Å². The molecule has 1 aromatic heterocycles. The lowest BCUT2D eigenvalue weighted by Crippen LogP contribution is -2.13. The second kappa shape index (κ2) is 4.81. The molecule has 1 fully saturated rings. The fourth-order valence-electron chi connectivity index (χ4n) is 2.97. The van der Waals surface area contributed by atoms with E-state index < -0.39 is 5.97 Å². The van der Waals surface area contributed by atoms with Gasteiger partial charge in [-0.1, -0.05) is 6.07 Å². The van der Waals surface area contributed by atoms with Gasteiger partial charge >= 0.3 is 5.97 Å². The Labute approximate surface area is 131 Å². The number of carboxylic acid groups (broad SMARTS) is 1. The highest BCUT2D eigenvalue weighted by Crippen LogP contribution is 2.36. The zero-order valence-electron chi connectivity index (χ0n) is 12.5. The van der Waals surface area contributed by atoms with E-state index in [1.54, 1.807) is 18.2 Å². The molecule has 116 valence electrons. The van der Waals surface area contributed by atoms with Crippen molar-refractivity contribution in [3.63, 3.8) is 0 Å². The van der Waals surface area contributed by atoms with Gasteiger partial charge in [-0.05, 0) is 38.0 Å². The number of hydrazone groups is 1. The van der Waals surface area contributed by atoms with Gasteiger partial charge < -0.3 is 10.1 Å². The molecule has 0 radical (unpaired) electrons. The highest BCUT2D eigenvalue weighted by molar-refractivity contribution is 6.29. The summed E-state index contributed by atoms with van der Waals surface area (Å²) in [7, 11) is 0. The molecule has 2 aromatic rings. The topological polar surface area (TPSA) is 94.5 Å². The van der Waals surface area contributed by atoms with Gasteiger partial charge in [0.15, 0.2) is 0 Å². The van der Waals surface area contributed by atoms with E-state index in [0.29, 0.717) is 11.5 Å². The molecule has 0 unspecified atom stereocenters. The van der Waals surface area contributed by atoms with Gasteiger partial charge in [-0.3, -0.25) is 4.79 Å². The minimum Gasteiger partial charge on any atom is -0.478 e. The molecule has 6 nitrogen and oxygen atoms in total. The van der Waals surface area contributed by atoms with Crippen LogP contribution < -0.4 is 5.43 Å². The molecule has 1 aliphatic carbocycles. The van der Waals surface area contributed by atoms with Crippen molar-refractivity contribution in [1.29, 1.82) is 0 Å². The molecule has 1 amide bonds. The fourth-order valence-corrected chi connectivity index (χ4v) is 2.97. The lowest BCUT2D eigenvalue weighted by Gasteiger charge is -2.00. The van der Waals surface area contributed by atoms with E-state index in [1.165, 1.54) is 0 Å². The molecule has 0 saturated heterocycles. The molecular formula is C17H15N3O3. The van der Waals surface area contributed by atoms with Gasteiger partial charge in [0.05, 0.1) is 16.8 Å². The molecule has 23 heavy (non-hydrogen) atoms. The first kappa shape index (κ1) is 13.8. The summed E-state index contributed by atoms with van der Waals surface area (Å²) in [6, 6.07) is 4.96. The number of carboxylic acids is 1. The number of hydrogen-bond acceptors (Lipinski definition) is 3. The van der Waals surface area contributed by atoms with E-state index in [2.05, 4.69) is 15.5 Å². The molecule has 6 heteroatoms. The maximum absolute atomic E-state index is 12.1. The number of aromatic carboxylic acids is 1. The lowest BCUT2D eigenvalue weighted by atomic mass is 10.0. The summed E-state index contributed by atoms with van der Waals surface area (Å²) in [6.45, 7) is 1.91. The van der Waals surface area contributed by atoms with Gasteiger partial charge in [-0.25, -0.2) is 10.2 Å². The first-order chi connectivity index (χ1) is 11.0. The molecule has 0 atom stereocenters. The second-order valence-electron chi connectivity index (χ2n) is 6.00. The van der Waals surface area contributed by atoms with Gasteiger partial charge in [-0.2, -0.15) is 5.10 Å². The van der Waals surface area contributed by atoms with E-state index in [0.717, 1.165) is 40.7 Å². The van der Waals surface area contributed by atoms with Crippen molar-refractivity contribution in [2.75, 3.05) is 0 Å². The van der Waals surface area contributed by atoms with E-state index in [4.69, 9.17) is 5.11 Å². The maximum atomic E-state index is 12.1. The third-order valence-corrected chi connectivity index (χ3v) is 4.33. The van der Waals surface area contributed by atoms with Gasteiger partial charge in [0, 0.05) is 28.1 Å². The van der Waals surface area contributed by atoms with Gasteiger partial charge in [-0.15, -0.1) is 0 Å². The van der Waals surface area contributed by atoms with Crippen LogP contribution in [0.25, 0.3) is 17.0 Å². The molecule has 0 bridgehead atoms. The first-order valence-corrected chi connectivity index (χ1v) is 7.50. The molecule has 1 saturated carbocycles. The number of carbonyl (C=O) groups excluding carboxylic acids is 1. The third kappa shape index (κ3) is 2.23. The number of nitrogens with zero attached hydrogens (tertiary/aromatic N) is 1. The lowest BCUT2D eigenvalue weighted by molar-refractivity contribution is -0.116. The number of amides is 1. The van der Waals surface area contributed by atoms with Crippen LogP contribution in [-0.4, -0.2) is 27.7 Å². The van der Waals surface area contributed by atoms with Crippen molar-refractivity contribution in [2.45, 2.75) is 19.8 Å². The second-order valence-corrected chi connectivity index (χ2v) is 6.00. The Morgan fingerprint density at radius 2 is 2.17 bits per heavy atom. The predicted octanol–water partition coefficient (Wildman–Crippen LogP) is 2.45. The molecule has 2 aliphatic rings. The summed E-state index contributed by atoms with van der Waals surface area (Å²) in [5, 5.41) is 14.1. The summed E-state index contributed by atoms with van der Waals surface area (Å²) in [6.07, 6.45) is 3.99. The van der Waals surface area contributed by atoms with Gasteiger partial charge in [0.2, 0.25) is 0 Å². The number of rotatable bonds is 3. The van der Waals surface area contributed by atoms with Crippen molar-refractivity contribution in [2.24, 2.45) is 11.0 Å². The SMILES string of the molecule is Cc1[nH]c2cc(C(=O)O)ccc2c1C=C1C(=O)NN=C1C1CC1. The van der Waals surface area contributed by atoms with E-state index >= 15 is 0 Å². The van der Waals surface area contributed by atoms with Crippen LogP contribution in [0.3, 0.4) is 0 Å². The van der Waals surface area contributed by atoms with E-state index in [-0.39, 0.29) is 11.5 Å². The monoisotopic (exact) mass is 309 g/mol. The maximum Gasteiger partial charge on any atom is 0.335 e. The molecule has 1 aromatic carbocycles. The molecule has 2 heterocycles. The Morgan fingerprint density at radius 3 is 2.87 bits per heavy atom. The van der Waals surface area contributed by atoms with Crippen molar-refractivity contribution in [1.82, 2.24) is 10.4 Å². The summed E-state index contributed by atoms with van der Waals surface area (Å²) in [5.41, 5.74) is 6.76. The zero-order chi connectivity index (χ0) is 16.1. The summed E-state index contributed by atoms with van der Waals surface area (Å²) < 4.78 is 0. The number of benzene rings is 1.